The number of para-hydroxylation sites is 1. The third-order valence-electron chi connectivity index (χ3n) is 6.30. The number of phenols is 1. The number of carbonyl (C=O) groups excluding carboxylic acids is 4. The van der Waals surface area contributed by atoms with Crippen molar-refractivity contribution in [1.29, 1.82) is 0 Å². The maximum Gasteiger partial charge on any atom is 0.326 e. The third kappa shape index (κ3) is 8.52. The molecule has 1 heterocycles. The first-order valence-corrected chi connectivity index (χ1v) is 12.6. The van der Waals surface area contributed by atoms with E-state index in [9.17, 15) is 39.3 Å². The summed E-state index contributed by atoms with van der Waals surface area (Å²) in [5.74, 6) is -5.16. The molecule has 3 rings (SSSR count). The van der Waals surface area contributed by atoms with Crippen molar-refractivity contribution >= 4 is 40.5 Å². The number of aliphatic carboxylic acids is 1. The van der Waals surface area contributed by atoms with Crippen molar-refractivity contribution in [2.45, 2.75) is 43.4 Å². The zero-order chi connectivity index (χ0) is 30.1. The van der Waals surface area contributed by atoms with Crippen LogP contribution in [0.15, 0.2) is 54.7 Å². The van der Waals surface area contributed by atoms with E-state index in [0.717, 1.165) is 16.5 Å². The number of amides is 4. The molecule has 3 aromatic rings. The SMILES string of the molecule is NC(=O)C[C@H](NC(=O)[C@H](Cc1ccc(O)cc1)NC(=O)[C@H](CO)NC(=O)[C@@H](N)Cc1c[nH]c2ccccc12)C(=O)O. The van der Waals surface area contributed by atoms with Gasteiger partial charge >= 0.3 is 5.97 Å². The number of hydrogen-bond acceptors (Lipinski definition) is 8. The average Bonchev–Trinajstić information content (AvgIpc) is 3.34. The van der Waals surface area contributed by atoms with E-state index in [4.69, 9.17) is 11.5 Å². The van der Waals surface area contributed by atoms with Crippen LogP contribution in [0.25, 0.3) is 10.9 Å². The van der Waals surface area contributed by atoms with E-state index >= 15 is 0 Å². The van der Waals surface area contributed by atoms with Crippen LogP contribution in [0.4, 0.5) is 0 Å². The molecule has 0 spiro atoms. The largest absolute Gasteiger partial charge is 0.508 e. The second-order valence-electron chi connectivity index (χ2n) is 9.42. The van der Waals surface area contributed by atoms with Crippen molar-refractivity contribution in [3.05, 3.63) is 65.9 Å². The highest BCUT2D eigenvalue weighted by atomic mass is 16.4. The highest BCUT2D eigenvalue weighted by Gasteiger charge is 2.31. The van der Waals surface area contributed by atoms with Crippen LogP contribution < -0.4 is 27.4 Å². The van der Waals surface area contributed by atoms with Gasteiger partial charge in [-0.25, -0.2) is 4.79 Å². The van der Waals surface area contributed by atoms with Gasteiger partial charge in [-0.05, 0) is 35.7 Å². The number of nitrogens with two attached hydrogens (primary N) is 2. The summed E-state index contributed by atoms with van der Waals surface area (Å²) in [5, 5.41) is 36.5. The molecule has 11 N–H and O–H groups in total. The number of carboxylic acid groups (broad SMARTS) is 1. The van der Waals surface area contributed by atoms with Gasteiger partial charge in [-0.1, -0.05) is 30.3 Å². The van der Waals surface area contributed by atoms with Gasteiger partial charge in [-0.2, -0.15) is 0 Å². The molecule has 0 fully saturated rings. The van der Waals surface area contributed by atoms with Crippen LogP contribution >= 0.6 is 0 Å². The second kappa shape index (κ2) is 13.9. The Morgan fingerprint density at radius 3 is 2.07 bits per heavy atom. The van der Waals surface area contributed by atoms with Crippen molar-refractivity contribution < 1.29 is 39.3 Å². The number of rotatable bonds is 14. The number of aromatic nitrogens is 1. The Morgan fingerprint density at radius 2 is 1.44 bits per heavy atom. The molecule has 4 amide bonds. The molecule has 2 aromatic carbocycles. The molecular formula is C27H32N6O8. The van der Waals surface area contributed by atoms with Gasteiger partial charge in [-0.3, -0.25) is 19.2 Å². The van der Waals surface area contributed by atoms with Gasteiger partial charge in [-0.15, -0.1) is 0 Å². The van der Waals surface area contributed by atoms with Gasteiger partial charge in [0.05, 0.1) is 19.1 Å². The van der Waals surface area contributed by atoms with E-state index in [0.29, 0.717) is 5.56 Å². The lowest BCUT2D eigenvalue weighted by atomic mass is 10.0. The van der Waals surface area contributed by atoms with E-state index < -0.39 is 66.8 Å². The molecule has 14 heteroatoms. The van der Waals surface area contributed by atoms with E-state index in [2.05, 4.69) is 20.9 Å². The molecule has 0 bridgehead atoms. The summed E-state index contributed by atoms with van der Waals surface area (Å²) >= 11 is 0. The molecule has 0 saturated heterocycles. The summed E-state index contributed by atoms with van der Waals surface area (Å²) in [5.41, 5.74) is 13.3. The standard InChI is InChI=1S/C27H32N6O8/c28-18(10-15-12-30-19-4-2-1-3-17(15)19)24(37)33-22(13-34)26(39)31-20(9-14-5-7-16(35)8-6-14)25(38)32-21(27(40)41)11-23(29)36/h1-8,12,18,20-22,30,34-35H,9-11,13,28H2,(H2,29,36)(H,31,39)(H,32,38)(H,33,37)(H,40,41)/t18-,20-,21-,22-/m0/s1. The van der Waals surface area contributed by atoms with Crippen molar-refractivity contribution in [1.82, 2.24) is 20.9 Å². The molecule has 0 aliphatic heterocycles. The number of aliphatic hydroxyl groups excluding tert-OH is 1. The normalized spacial score (nSPS) is 13.9. The lowest BCUT2D eigenvalue weighted by Crippen LogP contribution is -2.58. The fourth-order valence-corrected chi connectivity index (χ4v) is 4.13. The first-order chi connectivity index (χ1) is 19.5. The molecule has 0 aliphatic carbocycles. The molecule has 0 saturated carbocycles. The highest BCUT2D eigenvalue weighted by molar-refractivity contribution is 5.95. The maximum absolute atomic E-state index is 13.0. The Bertz CT molecular complexity index is 1410. The van der Waals surface area contributed by atoms with Crippen LogP contribution in [0.1, 0.15) is 17.5 Å². The number of benzene rings is 2. The monoisotopic (exact) mass is 568 g/mol. The Morgan fingerprint density at radius 1 is 0.829 bits per heavy atom. The minimum Gasteiger partial charge on any atom is -0.508 e. The molecule has 4 atom stereocenters. The van der Waals surface area contributed by atoms with E-state index in [-0.39, 0.29) is 18.6 Å². The Balaban J connectivity index is 1.71. The topological polar surface area (TPSA) is 250 Å². The first kappa shape index (κ1) is 30.6. The van der Waals surface area contributed by atoms with Crippen LogP contribution in [0.5, 0.6) is 5.75 Å². The third-order valence-corrected chi connectivity index (χ3v) is 6.30. The Labute approximate surface area is 234 Å². The van der Waals surface area contributed by atoms with Crippen LogP contribution in [-0.4, -0.2) is 80.7 Å². The second-order valence-corrected chi connectivity index (χ2v) is 9.42. The predicted molar refractivity (Wildman–Crippen MR) is 146 cm³/mol. The van der Waals surface area contributed by atoms with Crippen LogP contribution in [-0.2, 0) is 36.8 Å². The zero-order valence-corrected chi connectivity index (χ0v) is 21.9. The van der Waals surface area contributed by atoms with Gasteiger partial charge in [0.25, 0.3) is 0 Å². The Hall–Kier alpha value is -4.95. The van der Waals surface area contributed by atoms with Gasteiger partial charge in [0, 0.05) is 23.5 Å². The van der Waals surface area contributed by atoms with Gasteiger partial charge in [0.15, 0.2) is 0 Å². The van der Waals surface area contributed by atoms with Crippen LogP contribution in [0.2, 0.25) is 0 Å². The lowest BCUT2D eigenvalue weighted by molar-refractivity contribution is -0.143. The van der Waals surface area contributed by atoms with Gasteiger partial charge < -0.3 is 47.7 Å². The highest BCUT2D eigenvalue weighted by Crippen LogP contribution is 2.19. The summed E-state index contributed by atoms with van der Waals surface area (Å²) in [7, 11) is 0. The summed E-state index contributed by atoms with van der Waals surface area (Å²) in [6, 6.07) is 7.48. The fraction of sp³-hybridized carbons (Fsp3) is 0.296. The van der Waals surface area contributed by atoms with Gasteiger partial charge in [0.2, 0.25) is 23.6 Å². The molecule has 41 heavy (non-hydrogen) atoms. The fourth-order valence-electron chi connectivity index (χ4n) is 4.13. The molecule has 0 unspecified atom stereocenters. The molecule has 0 radical (unpaired) electrons. The minimum atomic E-state index is -1.66. The smallest absolute Gasteiger partial charge is 0.326 e. The number of phenolic OH excluding ortho intramolecular Hbond substituents is 1. The molecule has 0 aliphatic rings. The van der Waals surface area contributed by atoms with Crippen LogP contribution in [0.3, 0.4) is 0 Å². The zero-order valence-electron chi connectivity index (χ0n) is 21.9. The molecular weight excluding hydrogens is 536 g/mol. The van der Waals surface area contributed by atoms with Crippen molar-refractivity contribution in [2.24, 2.45) is 11.5 Å². The van der Waals surface area contributed by atoms with E-state index in [1.54, 1.807) is 6.20 Å². The number of carbonyl (C=O) groups is 5. The molecule has 218 valence electrons. The summed E-state index contributed by atoms with van der Waals surface area (Å²) < 4.78 is 0. The minimum absolute atomic E-state index is 0.0433. The Kier molecular flexibility index (Phi) is 10.4. The van der Waals surface area contributed by atoms with E-state index in [1.807, 2.05) is 24.3 Å². The number of nitrogens with one attached hydrogen (secondary N) is 4. The first-order valence-electron chi connectivity index (χ1n) is 12.6. The van der Waals surface area contributed by atoms with Crippen molar-refractivity contribution in [3.8, 4) is 5.75 Å². The van der Waals surface area contributed by atoms with Crippen molar-refractivity contribution in [3.63, 3.8) is 0 Å². The average molecular weight is 569 g/mol. The maximum atomic E-state index is 13.0. The summed E-state index contributed by atoms with van der Waals surface area (Å²) in [4.78, 5) is 64.7. The quantitative estimate of drug-likeness (QED) is 0.108. The lowest BCUT2D eigenvalue weighted by Gasteiger charge is -2.24. The van der Waals surface area contributed by atoms with Crippen LogP contribution in [0, 0.1) is 0 Å². The summed E-state index contributed by atoms with van der Waals surface area (Å²) in [6.45, 7) is -0.829. The van der Waals surface area contributed by atoms with Gasteiger partial charge in [0.1, 0.15) is 23.9 Å². The predicted octanol–water partition coefficient (Wildman–Crippen LogP) is -1.61. The number of primary amides is 1. The number of hydrogen-bond donors (Lipinski definition) is 9. The van der Waals surface area contributed by atoms with Crippen molar-refractivity contribution in [2.75, 3.05) is 6.61 Å². The molecule has 1 aromatic heterocycles. The number of carboxylic acids is 1. The number of H-pyrrole nitrogens is 1. The number of fused-ring (bicyclic) bond motifs is 1. The number of aromatic hydroxyl groups is 1. The summed E-state index contributed by atoms with van der Waals surface area (Å²) in [6.07, 6.45) is 1.01. The number of aromatic amines is 1. The number of aliphatic hydroxyl groups is 1. The van der Waals surface area contributed by atoms with E-state index in [1.165, 1.54) is 24.3 Å². The molecule has 14 nitrogen and oxygen atoms in total.